The van der Waals surface area contributed by atoms with E-state index in [1.165, 1.54) is 19.2 Å². The van der Waals surface area contributed by atoms with Crippen molar-refractivity contribution in [2.75, 3.05) is 12.8 Å². The predicted molar refractivity (Wildman–Crippen MR) is 106 cm³/mol. The highest BCUT2D eigenvalue weighted by atomic mass is 32.2. The van der Waals surface area contributed by atoms with Crippen molar-refractivity contribution in [2.24, 2.45) is 0 Å². The van der Waals surface area contributed by atoms with Gasteiger partial charge in [-0.25, -0.2) is 13.9 Å². The van der Waals surface area contributed by atoms with Gasteiger partial charge in [0.2, 0.25) is 9.84 Å². The standard InChI is InChI=1S/C19H18N2O5S2/c1-26-13-7-9-14(10-8-13)28(24,25)19-15(11-12-5-3-2-4-6-12)16(17(20)27-19)18(22)21-23/h2-10,23H,11,20H2,1H3,(H,21,22). The van der Waals surface area contributed by atoms with Crippen molar-refractivity contribution >= 4 is 32.1 Å². The molecule has 2 aromatic carbocycles. The number of hydrogen-bond acceptors (Lipinski definition) is 7. The molecule has 0 unspecified atom stereocenters. The second kappa shape index (κ2) is 8.01. The number of thiophene rings is 1. The predicted octanol–water partition coefficient (Wildman–Crippen LogP) is 2.88. The highest BCUT2D eigenvalue weighted by Crippen LogP contribution is 2.39. The van der Waals surface area contributed by atoms with Crippen LogP contribution in [0.5, 0.6) is 5.75 Å². The molecule has 0 aliphatic heterocycles. The largest absolute Gasteiger partial charge is 0.497 e. The SMILES string of the molecule is COc1ccc(S(=O)(=O)c2sc(N)c(C(=O)NO)c2Cc2ccccc2)cc1. The van der Waals surface area contributed by atoms with Gasteiger partial charge in [0.25, 0.3) is 5.91 Å². The summed E-state index contributed by atoms with van der Waals surface area (Å²) in [7, 11) is -2.45. The van der Waals surface area contributed by atoms with E-state index in [0.717, 1.165) is 16.9 Å². The van der Waals surface area contributed by atoms with Crippen LogP contribution in [0.3, 0.4) is 0 Å². The van der Waals surface area contributed by atoms with Gasteiger partial charge in [-0.1, -0.05) is 30.3 Å². The van der Waals surface area contributed by atoms with Gasteiger partial charge in [-0.2, -0.15) is 0 Å². The van der Waals surface area contributed by atoms with E-state index in [-0.39, 0.29) is 31.7 Å². The Balaban J connectivity index is 2.17. The fourth-order valence-electron chi connectivity index (χ4n) is 2.81. The third-order valence-electron chi connectivity index (χ3n) is 4.16. The van der Waals surface area contributed by atoms with Gasteiger partial charge in [-0.15, -0.1) is 11.3 Å². The third kappa shape index (κ3) is 3.72. The molecule has 3 rings (SSSR count). The van der Waals surface area contributed by atoms with Crippen LogP contribution >= 0.6 is 11.3 Å². The Labute approximate surface area is 166 Å². The number of carbonyl (C=O) groups excluding carboxylic acids is 1. The van der Waals surface area contributed by atoms with E-state index in [2.05, 4.69) is 0 Å². The van der Waals surface area contributed by atoms with Crippen LogP contribution in [0.25, 0.3) is 0 Å². The van der Waals surface area contributed by atoms with E-state index >= 15 is 0 Å². The molecule has 0 saturated carbocycles. The molecule has 3 aromatic rings. The molecule has 4 N–H and O–H groups in total. The Morgan fingerprint density at radius 3 is 2.36 bits per heavy atom. The average Bonchev–Trinajstić information content (AvgIpc) is 3.04. The second-order valence-electron chi connectivity index (χ2n) is 5.89. The normalized spacial score (nSPS) is 11.2. The zero-order chi connectivity index (χ0) is 20.3. The lowest BCUT2D eigenvalue weighted by Crippen LogP contribution is -2.21. The number of hydrogen-bond donors (Lipinski definition) is 3. The number of nitrogens with two attached hydrogens (primary N) is 1. The van der Waals surface area contributed by atoms with Crippen molar-refractivity contribution in [1.29, 1.82) is 0 Å². The monoisotopic (exact) mass is 418 g/mol. The lowest BCUT2D eigenvalue weighted by molar-refractivity contribution is 0.0706. The van der Waals surface area contributed by atoms with Crippen LogP contribution in [0, 0.1) is 0 Å². The molecule has 0 saturated heterocycles. The molecule has 9 heteroatoms. The van der Waals surface area contributed by atoms with E-state index in [1.807, 2.05) is 30.3 Å². The van der Waals surface area contributed by atoms with Crippen LogP contribution in [0.2, 0.25) is 0 Å². The number of amides is 1. The van der Waals surface area contributed by atoms with Gasteiger partial charge in [0.1, 0.15) is 15.0 Å². The van der Waals surface area contributed by atoms with Gasteiger partial charge in [0, 0.05) is 12.0 Å². The van der Waals surface area contributed by atoms with Gasteiger partial charge in [0.15, 0.2) is 0 Å². The number of ether oxygens (including phenoxy) is 1. The van der Waals surface area contributed by atoms with Crippen LogP contribution in [0.4, 0.5) is 5.00 Å². The Bertz CT molecular complexity index is 1090. The molecule has 7 nitrogen and oxygen atoms in total. The summed E-state index contributed by atoms with van der Waals surface area (Å²) in [4.78, 5) is 12.2. The Kier molecular flexibility index (Phi) is 5.68. The van der Waals surface area contributed by atoms with Crippen LogP contribution < -0.4 is 16.0 Å². The molecular formula is C19H18N2O5S2. The zero-order valence-electron chi connectivity index (χ0n) is 14.9. The quantitative estimate of drug-likeness (QED) is 0.418. The third-order valence-corrected chi connectivity index (χ3v) is 7.55. The first-order chi connectivity index (χ1) is 13.4. The van der Waals surface area contributed by atoms with Crippen molar-refractivity contribution in [1.82, 2.24) is 5.48 Å². The lowest BCUT2D eigenvalue weighted by Gasteiger charge is -2.09. The molecule has 0 bridgehead atoms. The summed E-state index contributed by atoms with van der Waals surface area (Å²) in [6.45, 7) is 0. The fourth-order valence-corrected chi connectivity index (χ4v) is 5.83. The molecule has 28 heavy (non-hydrogen) atoms. The molecule has 1 amide bonds. The van der Waals surface area contributed by atoms with Gasteiger partial charge >= 0.3 is 0 Å². The fraction of sp³-hybridized carbons (Fsp3) is 0.105. The number of methoxy groups -OCH3 is 1. The first-order valence-electron chi connectivity index (χ1n) is 8.17. The smallest absolute Gasteiger partial charge is 0.277 e. The van der Waals surface area contributed by atoms with Crippen LogP contribution in [-0.2, 0) is 16.3 Å². The highest BCUT2D eigenvalue weighted by Gasteiger charge is 2.30. The molecule has 0 atom stereocenters. The number of nitrogen functional groups attached to an aromatic ring is 1. The molecule has 0 fully saturated rings. The van der Waals surface area contributed by atoms with Gasteiger partial charge in [0.05, 0.1) is 17.6 Å². The van der Waals surface area contributed by atoms with E-state index in [9.17, 15) is 13.2 Å². The molecule has 1 heterocycles. The first kappa shape index (κ1) is 19.9. The number of hydroxylamine groups is 1. The van der Waals surface area contributed by atoms with Crippen LogP contribution in [0.1, 0.15) is 21.5 Å². The second-order valence-corrected chi connectivity index (χ2v) is 9.09. The minimum Gasteiger partial charge on any atom is -0.497 e. The Morgan fingerprint density at radius 1 is 1.14 bits per heavy atom. The van der Waals surface area contributed by atoms with Gasteiger partial charge in [-0.05, 0) is 29.8 Å². The van der Waals surface area contributed by atoms with Crippen molar-refractivity contribution in [2.45, 2.75) is 15.5 Å². The lowest BCUT2D eigenvalue weighted by atomic mass is 10.0. The summed E-state index contributed by atoms with van der Waals surface area (Å²) in [6, 6.07) is 15.1. The van der Waals surface area contributed by atoms with Crippen LogP contribution in [-0.4, -0.2) is 26.6 Å². The Morgan fingerprint density at radius 2 is 1.79 bits per heavy atom. The van der Waals surface area contributed by atoms with E-state index in [0.29, 0.717) is 5.75 Å². The summed E-state index contributed by atoms with van der Waals surface area (Å²) in [5.74, 6) is -0.328. The van der Waals surface area contributed by atoms with Crippen molar-refractivity contribution in [3.05, 3.63) is 71.3 Å². The van der Waals surface area contributed by atoms with Gasteiger partial charge < -0.3 is 10.5 Å². The summed E-state index contributed by atoms with van der Waals surface area (Å²) in [5.41, 5.74) is 8.51. The topological polar surface area (TPSA) is 119 Å². The number of carbonyl (C=O) groups is 1. The summed E-state index contributed by atoms with van der Waals surface area (Å²) in [5, 5.41) is 9.09. The number of sulfone groups is 1. The van der Waals surface area contributed by atoms with E-state index < -0.39 is 15.7 Å². The minimum absolute atomic E-state index is 0.0181. The molecular weight excluding hydrogens is 400 g/mol. The summed E-state index contributed by atoms with van der Waals surface area (Å²) >= 11 is 0.802. The first-order valence-corrected chi connectivity index (χ1v) is 10.5. The number of anilines is 1. The number of rotatable bonds is 6. The minimum atomic E-state index is -3.94. The molecule has 1 aromatic heterocycles. The summed E-state index contributed by atoms with van der Waals surface area (Å²) < 4.78 is 31.5. The van der Waals surface area contributed by atoms with Crippen molar-refractivity contribution < 1.29 is 23.2 Å². The maximum absolute atomic E-state index is 13.2. The highest BCUT2D eigenvalue weighted by molar-refractivity contribution is 7.93. The maximum Gasteiger partial charge on any atom is 0.277 e. The number of benzene rings is 2. The van der Waals surface area contributed by atoms with Crippen molar-refractivity contribution in [3.8, 4) is 5.75 Å². The summed E-state index contributed by atoms with van der Waals surface area (Å²) in [6.07, 6.45) is 0.169. The van der Waals surface area contributed by atoms with Gasteiger partial charge in [-0.3, -0.25) is 10.0 Å². The maximum atomic E-state index is 13.2. The Hall–Kier alpha value is -2.88. The average molecular weight is 418 g/mol. The van der Waals surface area contributed by atoms with E-state index in [1.54, 1.807) is 17.6 Å². The van der Waals surface area contributed by atoms with Crippen LogP contribution in [0.15, 0.2) is 63.7 Å². The molecule has 0 aliphatic carbocycles. The molecule has 0 aliphatic rings. The molecule has 0 radical (unpaired) electrons. The van der Waals surface area contributed by atoms with Crippen molar-refractivity contribution in [3.63, 3.8) is 0 Å². The zero-order valence-corrected chi connectivity index (χ0v) is 16.5. The van der Waals surface area contributed by atoms with E-state index in [4.69, 9.17) is 15.7 Å². The molecule has 0 spiro atoms. The molecule has 146 valence electrons. The number of nitrogens with one attached hydrogen (secondary N) is 1.